The van der Waals surface area contributed by atoms with Crippen LogP contribution in [0.1, 0.15) is 5.69 Å². The molecular formula is C11H11FN6O3. The van der Waals surface area contributed by atoms with Gasteiger partial charge in [-0.05, 0) is 6.07 Å². The van der Waals surface area contributed by atoms with E-state index in [-0.39, 0.29) is 24.7 Å². The average Bonchev–Trinajstić information content (AvgIpc) is 2.92. The number of nitro groups is 1. The molecule has 0 atom stereocenters. The summed E-state index contributed by atoms with van der Waals surface area (Å²) in [6.07, 6.45) is 1.29. The van der Waals surface area contributed by atoms with Gasteiger partial charge in [-0.25, -0.2) is 9.07 Å². The van der Waals surface area contributed by atoms with E-state index in [0.29, 0.717) is 5.69 Å². The first-order valence-electron chi connectivity index (χ1n) is 5.84. The molecule has 0 radical (unpaired) electrons. The van der Waals surface area contributed by atoms with Gasteiger partial charge in [0.1, 0.15) is 5.69 Å². The van der Waals surface area contributed by atoms with E-state index in [9.17, 15) is 19.3 Å². The van der Waals surface area contributed by atoms with Gasteiger partial charge in [-0.15, -0.1) is 5.10 Å². The molecule has 110 valence electrons. The molecule has 0 unspecified atom stereocenters. The van der Waals surface area contributed by atoms with Crippen LogP contribution in [0.4, 0.5) is 10.1 Å². The number of benzene rings is 1. The summed E-state index contributed by atoms with van der Waals surface area (Å²) in [5.74, 6) is -1.19. The third-order valence-corrected chi connectivity index (χ3v) is 2.58. The fourth-order valence-corrected chi connectivity index (χ4v) is 1.63. The predicted octanol–water partition coefficient (Wildman–Crippen LogP) is -0.111. The molecule has 21 heavy (non-hydrogen) atoms. The predicted molar refractivity (Wildman–Crippen MR) is 68.9 cm³/mol. The van der Waals surface area contributed by atoms with Crippen molar-refractivity contribution in [2.45, 2.75) is 6.54 Å². The number of nitro benzene ring substituents is 1. The number of rotatable bonds is 5. The summed E-state index contributed by atoms with van der Waals surface area (Å²) in [5, 5.41) is 20.7. The topological polar surface area (TPSA) is 129 Å². The lowest BCUT2D eigenvalue weighted by Gasteiger charge is -2.03. The van der Waals surface area contributed by atoms with Crippen molar-refractivity contribution in [1.82, 2.24) is 20.3 Å². The summed E-state index contributed by atoms with van der Waals surface area (Å²) in [4.78, 5) is 21.2. The highest BCUT2D eigenvalue weighted by Crippen LogP contribution is 2.24. The number of nitrogens with two attached hydrogens (primary N) is 1. The maximum Gasteiger partial charge on any atom is 0.297 e. The Bertz CT molecular complexity index is 686. The summed E-state index contributed by atoms with van der Waals surface area (Å²) in [5.41, 5.74) is 4.70. The summed E-state index contributed by atoms with van der Waals surface area (Å²) in [7, 11) is 0. The van der Waals surface area contributed by atoms with Crippen LogP contribution in [-0.2, 0) is 11.3 Å². The number of nitrogens with zero attached hydrogens (tertiary/aromatic N) is 4. The van der Waals surface area contributed by atoms with E-state index in [2.05, 4.69) is 15.6 Å². The van der Waals surface area contributed by atoms with E-state index in [1.54, 1.807) is 0 Å². The Morgan fingerprint density at radius 3 is 2.95 bits per heavy atom. The molecular weight excluding hydrogens is 283 g/mol. The molecule has 0 aliphatic rings. The van der Waals surface area contributed by atoms with Gasteiger partial charge in [0.05, 0.1) is 24.2 Å². The van der Waals surface area contributed by atoms with Gasteiger partial charge in [-0.2, -0.15) is 0 Å². The maximum absolute atomic E-state index is 13.8. The van der Waals surface area contributed by atoms with Crippen molar-refractivity contribution < 1.29 is 14.1 Å². The minimum absolute atomic E-state index is 0.0400. The zero-order valence-electron chi connectivity index (χ0n) is 10.7. The number of hydrogen-bond acceptors (Lipinski definition) is 6. The summed E-state index contributed by atoms with van der Waals surface area (Å²) in [6.45, 7) is -0.134. The van der Waals surface area contributed by atoms with Gasteiger partial charge in [0.25, 0.3) is 5.69 Å². The SMILES string of the molecule is NCC(=O)NCc1cn(-c2c(F)cccc2[N+](=O)[O-])nn1. The van der Waals surface area contributed by atoms with Gasteiger partial charge in [0, 0.05) is 6.07 Å². The van der Waals surface area contributed by atoms with Crippen LogP contribution >= 0.6 is 0 Å². The molecule has 0 fully saturated rings. The van der Waals surface area contributed by atoms with E-state index >= 15 is 0 Å². The first-order valence-corrected chi connectivity index (χ1v) is 5.84. The van der Waals surface area contributed by atoms with Crippen molar-refractivity contribution in [1.29, 1.82) is 0 Å². The van der Waals surface area contributed by atoms with Crippen LogP contribution in [0, 0.1) is 15.9 Å². The molecule has 10 heteroatoms. The minimum Gasteiger partial charge on any atom is -0.349 e. The highest BCUT2D eigenvalue weighted by molar-refractivity contribution is 5.77. The Balaban J connectivity index is 2.30. The van der Waals surface area contributed by atoms with Crippen LogP contribution in [0.5, 0.6) is 0 Å². The van der Waals surface area contributed by atoms with Crippen molar-refractivity contribution in [2.75, 3.05) is 6.54 Å². The molecule has 0 saturated carbocycles. The van der Waals surface area contributed by atoms with Crippen LogP contribution < -0.4 is 11.1 Å². The number of carbonyl (C=O) groups excluding carboxylic acids is 1. The number of carbonyl (C=O) groups is 1. The lowest BCUT2D eigenvalue weighted by atomic mass is 10.2. The van der Waals surface area contributed by atoms with E-state index in [0.717, 1.165) is 16.8 Å². The van der Waals surface area contributed by atoms with Crippen LogP contribution in [0.3, 0.4) is 0 Å². The lowest BCUT2D eigenvalue weighted by Crippen LogP contribution is -2.29. The molecule has 0 saturated heterocycles. The van der Waals surface area contributed by atoms with Crippen molar-refractivity contribution in [3.8, 4) is 5.69 Å². The highest BCUT2D eigenvalue weighted by Gasteiger charge is 2.21. The average molecular weight is 294 g/mol. The van der Waals surface area contributed by atoms with Crippen molar-refractivity contribution >= 4 is 11.6 Å². The van der Waals surface area contributed by atoms with Crippen LogP contribution in [-0.4, -0.2) is 32.4 Å². The summed E-state index contributed by atoms with van der Waals surface area (Å²) >= 11 is 0. The van der Waals surface area contributed by atoms with E-state index in [4.69, 9.17) is 5.73 Å². The monoisotopic (exact) mass is 294 g/mol. The van der Waals surface area contributed by atoms with Gasteiger partial charge in [0.2, 0.25) is 5.91 Å². The number of hydrogen-bond donors (Lipinski definition) is 2. The summed E-state index contributed by atoms with van der Waals surface area (Å²) in [6, 6.07) is 3.48. The zero-order valence-corrected chi connectivity index (χ0v) is 10.7. The van der Waals surface area contributed by atoms with E-state index in [1.807, 2.05) is 0 Å². The fourth-order valence-electron chi connectivity index (χ4n) is 1.63. The van der Waals surface area contributed by atoms with Crippen molar-refractivity contribution in [3.05, 3.63) is 46.0 Å². The van der Waals surface area contributed by atoms with Gasteiger partial charge >= 0.3 is 0 Å². The van der Waals surface area contributed by atoms with Crippen LogP contribution in [0.25, 0.3) is 5.69 Å². The largest absolute Gasteiger partial charge is 0.349 e. The molecule has 2 rings (SSSR count). The first-order chi connectivity index (χ1) is 10.0. The zero-order chi connectivity index (χ0) is 15.4. The summed E-state index contributed by atoms with van der Waals surface area (Å²) < 4.78 is 14.8. The quantitative estimate of drug-likeness (QED) is 0.584. The fraction of sp³-hybridized carbons (Fsp3) is 0.182. The second-order valence-corrected chi connectivity index (χ2v) is 4.00. The molecule has 1 aromatic heterocycles. The first kappa shape index (κ1) is 14.5. The number of aromatic nitrogens is 3. The molecule has 0 spiro atoms. The van der Waals surface area contributed by atoms with E-state index in [1.165, 1.54) is 12.3 Å². The molecule has 2 aromatic rings. The van der Waals surface area contributed by atoms with Crippen molar-refractivity contribution in [3.63, 3.8) is 0 Å². The molecule has 0 aliphatic carbocycles. The smallest absolute Gasteiger partial charge is 0.297 e. The van der Waals surface area contributed by atoms with Crippen LogP contribution in [0.15, 0.2) is 24.4 Å². The van der Waals surface area contributed by atoms with Gasteiger partial charge in [-0.1, -0.05) is 11.3 Å². The Kier molecular flexibility index (Phi) is 4.18. The Morgan fingerprint density at radius 1 is 1.52 bits per heavy atom. The highest BCUT2D eigenvalue weighted by atomic mass is 19.1. The van der Waals surface area contributed by atoms with Gasteiger partial charge < -0.3 is 11.1 Å². The standard InChI is InChI=1S/C11H11FN6O3/c12-8-2-1-3-9(18(20)21)11(8)17-6-7(15-16-17)5-14-10(19)4-13/h1-3,6H,4-5,13H2,(H,14,19). The number of amides is 1. The minimum atomic E-state index is -0.799. The molecule has 1 amide bonds. The molecule has 1 heterocycles. The number of halogens is 1. The Morgan fingerprint density at radius 2 is 2.29 bits per heavy atom. The molecule has 0 bridgehead atoms. The van der Waals surface area contributed by atoms with Crippen LogP contribution in [0.2, 0.25) is 0 Å². The third-order valence-electron chi connectivity index (χ3n) is 2.58. The number of para-hydroxylation sites is 1. The van der Waals surface area contributed by atoms with Gasteiger partial charge in [0.15, 0.2) is 11.5 Å². The molecule has 3 N–H and O–H groups in total. The second-order valence-electron chi connectivity index (χ2n) is 4.00. The molecule has 1 aromatic carbocycles. The van der Waals surface area contributed by atoms with Crippen molar-refractivity contribution in [2.24, 2.45) is 5.73 Å². The third kappa shape index (κ3) is 3.17. The van der Waals surface area contributed by atoms with Gasteiger partial charge in [-0.3, -0.25) is 14.9 Å². The number of nitrogens with one attached hydrogen (secondary N) is 1. The Labute approximate surface area is 117 Å². The second kappa shape index (κ2) is 6.05. The molecule has 0 aliphatic heterocycles. The maximum atomic E-state index is 13.8. The lowest BCUT2D eigenvalue weighted by molar-refractivity contribution is -0.384. The Hall–Kier alpha value is -2.88. The van der Waals surface area contributed by atoms with E-state index < -0.39 is 16.4 Å². The molecule has 9 nitrogen and oxygen atoms in total. The normalized spacial score (nSPS) is 10.4.